The van der Waals surface area contributed by atoms with Gasteiger partial charge in [-0.3, -0.25) is 0 Å². The molecule has 0 fully saturated rings. The zero-order valence-corrected chi connectivity index (χ0v) is 12.7. The first-order valence-electron chi connectivity index (χ1n) is 5.92. The Morgan fingerprint density at radius 3 is 1.94 bits per heavy atom. The first-order chi connectivity index (χ1) is 8.30. The molecule has 0 spiro atoms. The van der Waals surface area contributed by atoms with Gasteiger partial charge in [-0.25, -0.2) is 0 Å². The van der Waals surface area contributed by atoms with Crippen molar-refractivity contribution < 1.29 is 14.0 Å². The van der Waals surface area contributed by atoms with Crippen molar-refractivity contribution in [3.63, 3.8) is 0 Å². The van der Waals surface area contributed by atoms with E-state index in [9.17, 15) is 4.57 Å². The van der Waals surface area contributed by atoms with Gasteiger partial charge in [-0.05, 0) is 29.5 Å². The zero-order chi connectivity index (χ0) is 13.9. The van der Waals surface area contributed by atoms with Crippen molar-refractivity contribution in [1.29, 1.82) is 0 Å². The van der Waals surface area contributed by atoms with Crippen molar-refractivity contribution >= 4 is 19.9 Å². The highest BCUT2D eigenvalue weighted by molar-refractivity contribution is 7.32. The molecule has 0 bridgehead atoms. The molecule has 1 atom stereocenters. The van der Waals surface area contributed by atoms with Gasteiger partial charge < -0.3 is 0 Å². The molecular weight excluding hydrogens is 271 g/mol. The molecule has 0 saturated carbocycles. The molecule has 1 N–H and O–H groups in total. The van der Waals surface area contributed by atoms with Crippen molar-refractivity contribution in [2.24, 2.45) is 11.8 Å². The van der Waals surface area contributed by atoms with E-state index in [4.69, 9.17) is 21.0 Å². The second-order valence-electron chi connectivity index (χ2n) is 4.94. The van der Waals surface area contributed by atoms with Crippen LogP contribution in [0.3, 0.4) is 0 Å². The predicted octanol–water partition coefficient (Wildman–Crippen LogP) is 4.51. The van der Waals surface area contributed by atoms with Gasteiger partial charge in [0.15, 0.2) is 5.60 Å². The third-order valence-electron chi connectivity index (χ3n) is 3.24. The first-order valence-corrected chi connectivity index (χ1v) is 7.42. The van der Waals surface area contributed by atoms with Crippen LogP contribution in [-0.4, -0.2) is 4.89 Å². The fourth-order valence-electron chi connectivity index (χ4n) is 2.44. The normalized spacial score (nSPS) is 13.2. The molecule has 1 unspecified atom stereocenters. The number of halogens is 1. The third-order valence-corrected chi connectivity index (χ3v) is 3.95. The van der Waals surface area contributed by atoms with E-state index in [1.807, 2.05) is 39.8 Å². The Balaban J connectivity index is 3.33. The topological polar surface area (TPSA) is 46.5 Å². The molecule has 0 radical (unpaired) electrons. The molecule has 1 aromatic carbocycles. The molecule has 0 saturated heterocycles. The molecule has 5 heteroatoms. The van der Waals surface area contributed by atoms with Gasteiger partial charge in [0.05, 0.1) is 0 Å². The van der Waals surface area contributed by atoms with Gasteiger partial charge in [-0.1, -0.05) is 51.4 Å². The minimum Gasteiger partial charge on any atom is -0.133 e. The van der Waals surface area contributed by atoms with Crippen LogP contribution in [0.1, 0.15) is 33.3 Å². The van der Waals surface area contributed by atoms with Crippen molar-refractivity contribution in [3.05, 3.63) is 34.9 Å². The molecule has 1 rings (SSSR count). The van der Waals surface area contributed by atoms with Gasteiger partial charge in [0, 0.05) is 9.59 Å². The molecule has 0 aliphatic heterocycles. The van der Waals surface area contributed by atoms with Crippen LogP contribution >= 0.6 is 19.9 Å². The van der Waals surface area contributed by atoms with Crippen LogP contribution in [0.4, 0.5) is 0 Å². The number of rotatable bonds is 5. The molecule has 0 aliphatic carbocycles. The summed E-state index contributed by atoms with van der Waals surface area (Å²) in [5.74, 6) is 0.120. The van der Waals surface area contributed by atoms with Crippen LogP contribution in [-0.2, 0) is 14.7 Å². The van der Waals surface area contributed by atoms with Gasteiger partial charge in [0.2, 0.25) is 0 Å². The second kappa shape index (κ2) is 6.12. The Kier molecular flexibility index (Phi) is 5.30. The molecule has 1 aromatic rings. The lowest BCUT2D eigenvalue weighted by Crippen LogP contribution is -2.39. The van der Waals surface area contributed by atoms with E-state index < -0.39 is 13.9 Å². The van der Waals surface area contributed by atoms with Crippen molar-refractivity contribution in [2.75, 3.05) is 0 Å². The molecule has 0 heterocycles. The van der Waals surface area contributed by atoms with Crippen LogP contribution in [0.2, 0.25) is 5.02 Å². The van der Waals surface area contributed by atoms with Crippen LogP contribution < -0.4 is 0 Å². The van der Waals surface area contributed by atoms with E-state index in [2.05, 4.69) is 0 Å². The number of hydrogen-bond acceptors (Lipinski definition) is 2. The van der Waals surface area contributed by atoms with Gasteiger partial charge in [-0.15, -0.1) is 9.42 Å². The quantitative estimate of drug-likeness (QED) is 0.811. The van der Waals surface area contributed by atoms with Crippen molar-refractivity contribution in [3.8, 4) is 0 Å². The molecule has 18 heavy (non-hydrogen) atoms. The SMILES string of the molecule is CC(C)C(O[P+](=O)O)(c1ccc(Cl)cc1)C(C)C. The lowest BCUT2D eigenvalue weighted by Gasteiger charge is -2.35. The van der Waals surface area contributed by atoms with E-state index in [0.717, 1.165) is 5.56 Å². The maximum absolute atomic E-state index is 11.2. The Labute approximate surface area is 114 Å². The second-order valence-corrected chi connectivity index (χ2v) is 6.03. The van der Waals surface area contributed by atoms with E-state index in [0.29, 0.717) is 5.02 Å². The van der Waals surface area contributed by atoms with Crippen molar-refractivity contribution in [1.82, 2.24) is 0 Å². The molecular formula is C13H19ClO3P+. The van der Waals surface area contributed by atoms with Gasteiger partial charge in [0.1, 0.15) is 0 Å². The van der Waals surface area contributed by atoms with Crippen LogP contribution in [0, 0.1) is 11.8 Å². The number of hydrogen-bond donors (Lipinski definition) is 1. The number of benzene rings is 1. The Hall–Kier alpha value is -0.470. The fourth-order valence-corrected chi connectivity index (χ4v) is 3.35. The third kappa shape index (κ3) is 3.10. The summed E-state index contributed by atoms with van der Waals surface area (Å²) in [6.45, 7) is 7.92. The van der Waals surface area contributed by atoms with E-state index >= 15 is 0 Å². The minimum absolute atomic E-state index is 0.0600. The molecule has 100 valence electrons. The summed E-state index contributed by atoms with van der Waals surface area (Å²) in [4.78, 5) is 9.16. The molecule has 0 aliphatic rings. The highest BCUT2D eigenvalue weighted by atomic mass is 35.5. The summed E-state index contributed by atoms with van der Waals surface area (Å²) in [6.07, 6.45) is 0. The summed E-state index contributed by atoms with van der Waals surface area (Å²) < 4.78 is 16.6. The highest BCUT2D eigenvalue weighted by Gasteiger charge is 2.47. The van der Waals surface area contributed by atoms with Crippen molar-refractivity contribution in [2.45, 2.75) is 33.3 Å². The zero-order valence-electron chi connectivity index (χ0n) is 11.1. The summed E-state index contributed by atoms with van der Waals surface area (Å²) >= 11 is 5.88. The van der Waals surface area contributed by atoms with Crippen LogP contribution in [0.5, 0.6) is 0 Å². The molecule has 3 nitrogen and oxygen atoms in total. The molecule has 0 amide bonds. The maximum atomic E-state index is 11.2. The Morgan fingerprint density at radius 2 is 1.61 bits per heavy atom. The summed E-state index contributed by atoms with van der Waals surface area (Å²) in [7, 11) is -2.67. The van der Waals surface area contributed by atoms with Crippen LogP contribution in [0.25, 0.3) is 0 Å². The first kappa shape index (κ1) is 15.6. The van der Waals surface area contributed by atoms with Gasteiger partial charge >= 0.3 is 8.25 Å². The van der Waals surface area contributed by atoms with Crippen LogP contribution in [0.15, 0.2) is 24.3 Å². The summed E-state index contributed by atoms with van der Waals surface area (Å²) in [5, 5.41) is 0.633. The Morgan fingerprint density at radius 1 is 1.17 bits per heavy atom. The predicted molar refractivity (Wildman–Crippen MR) is 73.7 cm³/mol. The lowest BCUT2D eigenvalue weighted by atomic mass is 9.75. The average molecular weight is 290 g/mol. The average Bonchev–Trinajstić information content (AvgIpc) is 2.26. The Bertz CT molecular complexity index is 407. The largest absolute Gasteiger partial charge is 0.695 e. The standard InChI is InChI=1S/C13H18ClO3P/c1-9(2)13(10(3)4,17-18(15)16)11-5-7-12(14)8-6-11/h5-10H,1-4H3/p+1. The summed E-state index contributed by atoms with van der Waals surface area (Å²) in [5.41, 5.74) is 0.0848. The fraction of sp³-hybridized carbons (Fsp3) is 0.538. The monoisotopic (exact) mass is 289 g/mol. The van der Waals surface area contributed by atoms with E-state index in [-0.39, 0.29) is 11.8 Å². The van der Waals surface area contributed by atoms with E-state index in [1.165, 1.54) is 0 Å². The summed E-state index contributed by atoms with van der Waals surface area (Å²) in [6, 6.07) is 7.23. The van der Waals surface area contributed by atoms with Gasteiger partial charge in [0.25, 0.3) is 0 Å². The minimum atomic E-state index is -2.67. The van der Waals surface area contributed by atoms with E-state index in [1.54, 1.807) is 12.1 Å². The highest BCUT2D eigenvalue weighted by Crippen LogP contribution is 2.46. The van der Waals surface area contributed by atoms with Gasteiger partial charge in [-0.2, -0.15) is 0 Å². The smallest absolute Gasteiger partial charge is 0.133 e. The molecule has 0 aromatic heterocycles. The lowest BCUT2D eigenvalue weighted by molar-refractivity contribution is -0.0285. The maximum Gasteiger partial charge on any atom is 0.695 e.